The maximum absolute atomic E-state index is 12.5. The van der Waals surface area contributed by atoms with E-state index in [9.17, 15) is 14.4 Å². The molecule has 29 heavy (non-hydrogen) atoms. The van der Waals surface area contributed by atoms with Crippen molar-refractivity contribution in [3.05, 3.63) is 67.6 Å². The van der Waals surface area contributed by atoms with Crippen LogP contribution in [0, 0.1) is 0 Å². The van der Waals surface area contributed by atoms with Gasteiger partial charge in [0.1, 0.15) is 23.8 Å². The number of H-pyrrole nitrogens is 1. The normalized spacial score (nSPS) is 13.1. The van der Waals surface area contributed by atoms with Gasteiger partial charge in [0.25, 0.3) is 11.1 Å². The number of aryl methyl sites for hydroxylation is 2. The van der Waals surface area contributed by atoms with Crippen LogP contribution in [0.5, 0.6) is 0 Å². The number of fused-ring (bicyclic) bond motifs is 4. The van der Waals surface area contributed by atoms with E-state index < -0.39 is 5.97 Å². The van der Waals surface area contributed by atoms with Gasteiger partial charge >= 0.3 is 5.97 Å². The summed E-state index contributed by atoms with van der Waals surface area (Å²) in [4.78, 5) is 50.3. The summed E-state index contributed by atoms with van der Waals surface area (Å²) in [7, 11) is 0. The van der Waals surface area contributed by atoms with Crippen LogP contribution in [0.25, 0.3) is 21.1 Å². The molecule has 0 saturated carbocycles. The molecule has 3 heterocycles. The molecule has 0 saturated heterocycles. The fourth-order valence-corrected chi connectivity index (χ4v) is 4.95. The minimum absolute atomic E-state index is 0.164. The van der Waals surface area contributed by atoms with Gasteiger partial charge in [0, 0.05) is 4.88 Å². The zero-order chi connectivity index (χ0) is 20.0. The summed E-state index contributed by atoms with van der Waals surface area (Å²) in [6, 6.07) is 6.93. The Morgan fingerprint density at radius 2 is 2.10 bits per heavy atom. The van der Waals surface area contributed by atoms with Crippen LogP contribution in [0.1, 0.15) is 22.7 Å². The number of carbonyl (C=O) groups is 1. The zero-order valence-corrected chi connectivity index (χ0v) is 16.1. The Kier molecular flexibility index (Phi) is 4.24. The monoisotopic (exact) mass is 408 g/mol. The zero-order valence-electron chi connectivity index (χ0n) is 15.3. The molecule has 0 bridgehead atoms. The lowest BCUT2D eigenvalue weighted by Gasteiger charge is -2.07. The van der Waals surface area contributed by atoms with Crippen molar-refractivity contribution in [2.24, 2.45) is 0 Å². The summed E-state index contributed by atoms with van der Waals surface area (Å²) in [5.74, 6) is -0.319. The molecule has 1 aromatic carbocycles. The van der Waals surface area contributed by atoms with Gasteiger partial charge in [0.15, 0.2) is 0 Å². The van der Waals surface area contributed by atoms with Gasteiger partial charge in [-0.25, -0.2) is 9.97 Å². The van der Waals surface area contributed by atoms with Crippen LogP contribution in [0.4, 0.5) is 0 Å². The van der Waals surface area contributed by atoms with Crippen molar-refractivity contribution in [1.82, 2.24) is 19.5 Å². The second-order valence-corrected chi connectivity index (χ2v) is 7.99. The molecule has 3 aromatic heterocycles. The van der Waals surface area contributed by atoms with Crippen molar-refractivity contribution in [3.8, 4) is 0 Å². The van der Waals surface area contributed by atoms with Crippen LogP contribution >= 0.6 is 11.3 Å². The lowest BCUT2D eigenvalue weighted by molar-refractivity contribution is -0.146. The number of aromatic amines is 1. The number of nitrogens with one attached hydrogen (secondary N) is 1. The van der Waals surface area contributed by atoms with Crippen molar-refractivity contribution in [2.45, 2.75) is 32.4 Å². The molecule has 146 valence electrons. The standard InChI is InChI=1S/C20H16N4O4S/c25-16(8-24-10-21-13-6-2-1-4-11(13)20(24)27)28-9-15-22-18(26)17-12-5-3-7-14(12)29-19(17)23-15/h1-2,4,6,10H,3,5,7-9H2,(H,22,23,26). The summed E-state index contributed by atoms with van der Waals surface area (Å²) in [6.45, 7) is -0.432. The molecule has 0 fully saturated rings. The van der Waals surface area contributed by atoms with Crippen molar-refractivity contribution in [1.29, 1.82) is 0 Å². The number of hydrogen-bond acceptors (Lipinski definition) is 7. The number of aromatic nitrogens is 4. The quantitative estimate of drug-likeness (QED) is 0.517. The van der Waals surface area contributed by atoms with Gasteiger partial charge < -0.3 is 9.72 Å². The molecule has 0 aliphatic heterocycles. The minimum atomic E-state index is -0.611. The van der Waals surface area contributed by atoms with E-state index in [0.29, 0.717) is 26.9 Å². The third-order valence-corrected chi connectivity index (χ3v) is 6.21. The van der Waals surface area contributed by atoms with E-state index in [4.69, 9.17) is 4.74 Å². The molecule has 1 aliphatic rings. The van der Waals surface area contributed by atoms with Crippen LogP contribution in [0.3, 0.4) is 0 Å². The molecule has 0 spiro atoms. The highest BCUT2D eigenvalue weighted by atomic mass is 32.1. The topological polar surface area (TPSA) is 107 Å². The average Bonchev–Trinajstić information content (AvgIpc) is 3.29. The number of thiophene rings is 1. The van der Waals surface area contributed by atoms with Crippen molar-refractivity contribution in [3.63, 3.8) is 0 Å². The van der Waals surface area contributed by atoms with Gasteiger partial charge in [0.2, 0.25) is 0 Å². The maximum Gasteiger partial charge on any atom is 0.326 e. The van der Waals surface area contributed by atoms with Gasteiger partial charge in [-0.05, 0) is 37.0 Å². The van der Waals surface area contributed by atoms with Gasteiger partial charge in [-0.3, -0.25) is 19.0 Å². The first kappa shape index (κ1) is 17.7. The Labute approximate surface area is 167 Å². The first-order valence-electron chi connectivity index (χ1n) is 9.23. The third kappa shape index (κ3) is 3.13. The predicted molar refractivity (Wildman–Crippen MR) is 108 cm³/mol. The van der Waals surface area contributed by atoms with E-state index in [0.717, 1.165) is 24.8 Å². The molecule has 5 rings (SSSR count). The van der Waals surface area contributed by atoms with Gasteiger partial charge in [-0.2, -0.15) is 0 Å². The van der Waals surface area contributed by atoms with Crippen LogP contribution in [0.2, 0.25) is 0 Å². The first-order valence-corrected chi connectivity index (χ1v) is 10.0. The Morgan fingerprint density at radius 1 is 1.24 bits per heavy atom. The van der Waals surface area contributed by atoms with Crippen molar-refractivity contribution in [2.75, 3.05) is 0 Å². The number of carbonyl (C=O) groups excluding carboxylic acids is 1. The number of ether oxygens (including phenoxy) is 1. The smallest absolute Gasteiger partial charge is 0.326 e. The highest BCUT2D eigenvalue weighted by molar-refractivity contribution is 7.18. The number of benzene rings is 1. The van der Waals surface area contributed by atoms with E-state index in [1.54, 1.807) is 24.3 Å². The molecular formula is C20H16N4O4S. The van der Waals surface area contributed by atoms with E-state index >= 15 is 0 Å². The first-order chi connectivity index (χ1) is 14.1. The lowest BCUT2D eigenvalue weighted by Crippen LogP contribution is -2.26. The second-order valence-electron chi connectivity index (χ2n) is 6.91. The summed E-state index contributed by atoms with van der Waals surface area (Å²) < 4.78 is 6.43. The number of rotatable bonds is 4. The summed E-state index contributed by atoms with van der Waals surface area (Å²) >= 11 is 1.53. The van der Waals surface area contributed by atoms with Crippen molar-refractivity contribution >= 4 is 38.4 Å². The molecule has 0 atom stereocenters. The number of esters is 1. The third-order valence-electron chi connectivity index (χ3n) is 5.02. The Balaban J connectivity index is 1.33. The molecule has 1 N–H and O–H groups in total. The molecule has 9 heteroatoms. The fourth-order valence-electron chi connectivity index (χ4n) is 3.67. The Bertz CT molecular complexity index is 1390. The van der Waals surface area contributed by atoms with E-state index in [-0.39, 0.29) is 24.3 Å². The summed E-state index contributed by atoms with van der Waals surface area (Å²) in [5.41, 5.74) is 1.16. The SMILES string of the molecule is O=C(Cn1cnc2ccccc2c1=O)OCc1nc2sc3c(c2c(=O)[nH]1)CCC3. The Hall–Kier alpha value is -3.33. The number of hydrogen-bond donors (Lipinski definition) is 1. The highest BCUT2D eigenvalue weighted by Gasteiger charge is 2.21. The molecule has 0 radical (unpaired) electrons. The Morgan fingerprint density at radius 3 is 3.00 bits per heavy atom. The molecule has 4 aromatic rings. The minimum Gasteiger partial charge on any atom is -0.456 e. The highest BCUT2D eigenvalue weighted by Crippen LogP contribution is 2.34. The van der Waals surface area contributed by atoms with Crippen LogP contribution in [-0.4, -0.2) is 25.5 Å². The molecule has 0 unspecified atom stereocenters. The fraction of sp³-hybridized carbons (Fsp3) is 0.250. The van der Waals surface area contributed by atoms with Gasteiger partial charge in [-0.1, -0.05) is 12.1 Å². The summed E-state index contributed by atoms with van der Waals surface area (Å²) in [6.07, 6.45) is 4.28. The maximum atomic E-state index is 12.5. The van der Waals surface area contributed by atoms with Crippen LogP contribution < -0.4 is 11.1 Å². The van der Waals surface area contributed by atoms with E-state index in [1.807, 2.05) is 0 Å². The van der Waals surface area contributed by atoms with Gasteiger partial charge in [0.05, 0.1) is 22.6 Å². The summed E-state index contributed by atoms with van der Waals surface area (Å²) in [5, 5.41) is 1.09. The molecular weight excluding hydrogens is 392 g/mol. The lowest BCUT2D eigenvalue weighted by atomic mass is 10.2. The predicted octanol–water partition coefficient (Wildman–Crippen LogP) is 1.93. The number of nitrogens with zero attached hydrogens (tertiary/aromatic N) is 3. The van der Waals surface area contributed by atoms with Gasteiger partial charge in [-0.15, -0.1) is 11.3 Å². The largest absolute Gasteiger partial charge is 0.456 e. The van der Waals surface area contributed by atoms with Crippen molar-refractivity contribution < 1.29 is 9.53 Å². The van der Waals surface area contributed by atoms with E-state index in [1.165, 1.54) is 27.1 Å². The van der Waals surface area contributed by atoms with E-state index in [2.05, 4.69) is 15.0 Å². The van der Waals surface area contributed by atoms with Crippen LogP contribution in [-0.2, 0) is 35.5 Å². The average molecular weight is 408 g/mol. The second kappa shape index (κ2) is 6.93. The van der Waals surface area contributed by atoms with Crippen LogP contribution in [0.15, 0.2) is 40.2 Å². The molecule has 1 aliphatic carbocycles. The molecule has 0 amide bonds. The number of para-hydroxylation sites is 1. The molecule has 8 nitrogen and oxygen atoms in total.